The summed E-state index contributed by atoms with van der Waals surface area (Å²) in [6.07, 6.45) is 2.56. The minimum atomic E-state index is 0.458. The molecular weight excluding hydrogens is 248 g/mol. The van der Waals surface area contributed by atoms with Crippen molar-refractivity contribution < 1.29 is 4.74 Å². The van der Waals surface area contributed by atoms with Crippen LogP contribution in [0, 0.1) is 0 Å². The van der Waals surface area contributed by atoms with Gasteiger partial charge in [0, 0.05) is 13.2 Å². The molecule has 0 N–H and O–H groups in total. The lowest BCUT2D eigenvalue weighted by Gasteiger charge is -1.76. The van der Waals surface area contributed by atoms with Crippen LogP contribution in [-0.2, 0) is 4.74 Å². The first kappa shape index (κ1) is 9.92. The number of alkyl halides is 2. The number of hydrogen-bond donors (Lipinski definition) is 0. The van der Waals surface area contributed by atoms with Gasteiger partial charge in [0.15, 0.2) is 0 Å². The minimum absolute atomic E-state index is 0.458. The van der Waals surface area contributed by atoms with Crippen molar-refractivity contribution in [3.63, 3.8) is 0 Å². The van der Waals surface area contributed by atoms with E-state index in [9.17, 15) is 0 Å². The fraction of sp³-hybridized carbons (Fsp3) is 1.00. The Morgan fingerprint density at radius 2 is 1.56 bits per heavy atom. The molecular formula is C6H12Br2O. The van der Waals surface area contributed by atoms with E-state index in [1.54, 1.807) is 0 Å². The summed E-state index contributed by atoms with van der Waals surface area (Å²) < 4.78 is 5.40. The van der Waals surface area contributed by atoms with Gasteiger partial charge in [0.25, 0.3) is 0 Å². The third-order valence-electron chi connectivity index (χ3n) is 0.827. The van der Waals surface area contributed by atoms with E-state index < -0.39 is 0 Å². The molecule has 0 unspecified atom stereocenters. The number of ether oxygens (including phenoxy) is 1. The van der Waals surface area contributed by atoms with Gasteiger partial charge in [0.1, 0.15) is 0 Å². The smallest absolute Gasteiger partial charge is 0.0669 e. The van der Waals surface area contributed by atoms with E-state index in [-0.39, 0.29) is 0 Å². The highest BCUT2D eigenvalue weighted by Gasteiger charge is 1.94. The predicted molar refractivity (Wildman–Crippen MR) is 47.4 cm³/mol. The van der Waals surface area contributed by atoms with Crippen LogP contribution in [-0.4, -0.2) is 17.0 Å². The highest BCUT2D eigenvalue weighted by atomic mass is 79.9. The second-order valence-corrected chi connectivity index (χ2v) is 5.81. The molecule has 1 fully saturated rings. The maximum absolute atomic E-state index is 4.94. The van der Waals surface area contributed by atoms with Gasteiger partial charge in [-0.25, -0.2) is 0 Å². The van der Waals surface area contributed by atoms with Crippen LogP contribution in [0.2, 0.25) is 0 Å². The monoisotopic (exact) mass is 258 g/mol. The molecule has 1 rings (SSSR count). The van der Waals surface area contributed by atoms with E-state index >= 15 is 0 Å². The molecule has 0 aliphatic carbocycles. The molecule has 1 aliphatic rings. The molecule has 0 aromatic rings. The van der Waals surface area contributed by atoms with Crippen LogP contribution >= 0.6 is 31.9 Å². The molecule has 0 atom stereocenters. The zero-order valence-electron chi connectivity index (χ0n) is 5.57. The average molecular weight is 260 g/mol. The molecule has 1 saturated heterocycles. The van der Waals surface area contributed by atoms with Gasteiger partial charge in [-0.1, -0.05) is 31.9 Å². The predicted octanol–water partition coefficient (Wildman–Crippen LogP) is 2.92. The summed E-state index contributed by atoms with van der Waals surface area (Å²) in [5.74, 6) is 0. The first-order chi connectivity index (χ1) is 4.23. The first-order valence-corrected chi connectivity index (χ1v) is 4.92. The van der Waals surface area contributed by atoms with Crippen molar-refractivity contribution in [1.82, 2.24) is 0 Å². The third-order valence-corrected chi connectivity index (χ3v) is 0.827. The van der Waals surface area contributed by atoms with Gasteiger partial charge in [0.2, 0.25) is 0 Å². The molecule has 0 aromatic heterocycles. The van der Waals surface area contributed by atoms with E-state index in [4.69, 9.17) is 4.74 Å². The minimum Gasteiger partial charge on any atom is -0.381 e. The first-order valence-electron chi connectivity index (χ1n) is 3.09. The molecule has 9 heavy (non-hydrogen) atoms. The fourth-order valence-electron chi connectivity index (χ4n) is 0.510. The van der Waals surface area contributed by atoms with E-state index in [0.29, 0.717) is 3.74 Å². The van der Waals surface area contributed by atoms with Crippen LogP contribution in [0.5, 0.6) is 0 Å². The molecule has 0 saturated carbocycles. The summed E-state index contributed by atoms with van der Waals surface area (Å²) in [6.45, 7) is 4.00. The fourth-order valence-corrected chi connectivity index (χ4v) is 0.510. The number of halogens is 2. The second kappa shape index (κ2) is 7.03. The van der Waals surface area contributed by atoms with Gasteiger partial charge in [-0.05, 0) is 19.8 Å². The Morgan fingerprint density at radius 1 is 1.22 bits per heavy atom. The van der Waals surface area contributed by atoms with Crippen molar-refractivity contribution in [3.8, 4) is 0 Å². The Balaban J connectivity index is 0.000000148. The van der Waals surface area contributed by atoms with Gasteiger partial charge in [-0.15, -0.1) is 0 Å². The SMILES string of the molecule is C1CCOC1.CC(Br)Br. The Kier molecular flexibility index (Phi) is 7.75. The largest absolute Gasteiger partial charge is 0.381 e. The molecule has 3 heteroatoms. The molecule has 1 aliphatic heterocycles. The lowest BCUT2D eigenvalue weighted by molar-refractivity contribution is 0.198. The molecule has 0 radical (unpaired) electrons. The Bertz CT molecular complexity index is 42.7. The molecule has 1 heterocycles. The van der Waals surface area contributed by atoms with Crippen molar-refractivity contribution in [2.45, 2.75) is 23.5 Å². The molecule has 0 amide bonds. The highest BCUT2D eigenvalue weighted by molar-refractivity contribution is 9.24. The van der Waals surface area contributed by atoms with E-state index in [1.807, 2.05) is 6.92 Å². The van der Waals surface area contributed by atoms with Crippen LogP contribution < -0.4 is 0 Å². The summed E-state index contributed by atoms with van der Waals surface area (Å²) in [5.41, 5.74) is 0. The summed E-state index contributed by atoms with van der Waals surface area (Å²) in [4.78, 5) is 0. The van der Waals surface area contributed by atoms with Crippen LogP contribution in [0.15, 0.2) is 0 Å². The Morgan fingerprint density at radius 3 is 1.67 bits per heavy atom. The molecule has 0 aromatic carbocycles. The summed E-state index contributed by atoms with van der Waals surface area (Å²) in [7, 11) is 0. The molecule has 56 valence electrons. The van der Waals surface area contributed by atoms with Gasteiger partial charge < -0.3 is 4.74 Å². The van der Waals surface area contributed by atoms with Gasteiger partial charge in [0.05, 0.1) is 3.74 Å². The van der Waals surface area contributed by atoms with Crippen LogP contribution in [0.1, 0.15) is 19.8 Å². The average Bonchev–Trinajstić information content (AvgIpc) is 2.11. The van der Waals surface area contributed by atoms with Crippen molar-refractivity contribution in [2.24, 2.45) is 0 Å². The molecule has 0 spiro atoms. The van der Waals surface area contributed by atoms with Crippen LogP contribution in [0.25, 0.3) is 0 Å². The molecule has 0 bridgehead atoms. The third kappa shape index (κ3) is 12.2. The topological polar surface area (TPSA) is 9.23 Å². The van der Waals surface area contributed by atoms with Crippen LogP contribution in [0.4, 0.5) is 0 Å². The summed E-state index contributed by atoms with van der Waals surface area (Å²) in [5, 5.41) is 0. The van der Waals surface area contributed by atoms with E-state index in [1.165, 1.54) is 12.8 Å². The van der Waals surface area contributed by atoms with Gasteiger partial charge in [-0.3, -0.25) is 0 Å². The summed E-state index contributed by atoms with van der Waals surface area (Å²) >= 11 is 6.38. The lowest BCUT2D eigenvalue weighted by Crippen LogP contribution is -1.74. The maximum atomic E-state index is 4.94. The highest BCUT2D eigenvalue weighted by Crippen LogP contribution is 2.03. The second-order valence-electron chi connectivity index (χ2n) is 1.84. The zero-order chi connectivity index (χ0) is 7.11. The van der Waals surface area contributed by atoms with Crippen molar-refractivity contribution in [3.05, 3.63) is 0 Å². The van der Waals surface area contributed by atoms with E-state index in [2.05, 4.69) is 31.9 Å². The normalized spacial score (nSPS) is 17.3. The van der Waals surface area contributed by atoms with Gasteiger partial charge in [-0.2, -0.15) is 0 Å². The Labute approximate surface area is 73.4 Å². The summed E-state index contributed by atoms with van der Waals surface area (Å²) in [6, 6.07) is 0. The van der Waals surface area contributed by atoms with Crippen molar-refractivity contribution in [2.75, 3.05) is 13.2 Å². The van der Waals surface area contributed by atoms with E-state index in [0.717, 1.165) is 13.2 Å². The lowest BCUT2D eigenvalue weighted by atomic mass is 10.4. The number of hydrogen-bond acceptors (Lipinski definition) is 1. The van der Waals surface area contributed by atoms with Crippen LogP contribution in [0.3, 0.4) is 0 Å². The van der Waals surface area contributed by atoms with Crippen molar-refractivity contribution in [1.29, 1.82) is 0 Å². The zero-order valence-corrected chi connectivity index (χ0v) is 8.74. The maximum Gasteiger partial charge on any atom is 0.0669 e. The number of rotatable bonds is 0. The quantitative estimate of drug-likeness (QED) is 0.608. The Hall–Kier alpha value is 0.920. The standard InChI is InChI=1S/C4H8O.C2H4Br2/c1-2-4-5-3-1;1-2(3)4/h1-4H2;2H,1H3. The van der Waals surface area contributed by atoms with Crippen molar-refractivity contribution >= 4 is 31.9 Å². The molecule has 1 nitrogen and oxygen atoms in total. The van der Waals surface area contributed by atoms with Gasteiger partial charge >= 0.3 is 0 Å².